The average molecular weight is 289 g/mol. The molecular weight excluding hydrogens is 258 g/mol. The molecule has 0 bridgehead atoms. The molecule has 1 atom stereocenters. The molecule has 1 aromatic rings. The van der Waals surface area contributed by atoms with Crippen molar-refractivity contribution in [3.63, 3.8) is 0 Å². The van der Waals surface area contributed by atoms with E-state index in [2.05, 4.69) is 48.2 Å². The standard InChI is InChI=1S/C18H31N3/c1-20(2)14-16-7-9-17(10-8-16)18(13-19)15-21-11-5-3-4-6-12-21/h7-10,18H,3-6,11-15,19H2,1-2H3. The van der Waals surface area contributed by atoms with E-state index in [0.717, 1.165) is 19.6 Å². The number of benzene rings is 1. The third-order valence-corrected chi connectivity index (χ3v) is 4.41. The topological polar surface area (TPSA) is 32.5 Å². The molecule has 1 heterocycles. The van der Waals surface area contributed by atoms with Crippen molar-refractivity contribution >= 4 is 0 Å². The Labute approximate surface area is 130 Å². The molecule has 3 heteroatoms. The molecule has 1 fully saturated rings. The maximum Gasteiger partial charge on any atom is 0.0227 e. The first-order chi connectivity index (χ1) is 10.2. The number of nitrogens with two attached hydrogens (primary N) is 1. The molecule has 1 unspecified atom stereocenters. The zero-order valence-corrected chi connectivity index (χ0v) is 13.7. The first kappa shape index (κ1) is 16.5. The van der Waals surface area contributed by atoms with Crippen LogP contribution in [0.4, 0.5) is 0 Å². The summed E-state index contributed by atoms with van der Waals surface area (Å²) in [5.74, 6) is 0.469. The second-order valence-electron chi connectivity index (χ2n) is 6.63. The van der Waals surface area contributed by atoms with Crippen LogP contribution in [0.1, 0.15) is 42.7 Å². The number of hydrogen-bond acceptors (Lipinski definition) is 3. The van der Waals surface area contributed by atoms with Gasteiger partial charge in [-0.25, -0.2) is 0 Å². The van der Waals surface area contributed by atoms with Crippen molar-refractivity contribution in [2.24, 2.45) is 5.73 Å². The predicted octanol–water partition coefficient (Wildman–Crippen LogP) is 2.67. The van der Waals surface area contributed by atoms with E-state index in [0.29, 0.717) is 5.92 Å². The maximum absolute atomic E-state index is 6.04. The lowest BCUT2D eigenvalue weighted by molar-refractivity contribution is 0.267. The highest BCUT2D eigenvalue weighted by Gasteiger charge is 2.16. The van der Waals surface area contributed by atoms with Crippen molar-refractivity contribution in [1.82, 2.24) is 9.80 Å². The molecule has 0 saturated carbocycles. The van der Waals surface area contributed by atoms with Crippen molar-refractivity contribution in [3.8, 4) is 0 Å². The number of likely N-dealkylation sites (tertiary alicyclic amines) is 1. The summed E-state index contributed by atoms with van der Waals surface area (Å²) in [4.78, 5) is 4.81. The van der Waals surface area contributed by atoms with Crippen LogP contribution in [0, 0.1) is 0 Å². The lowest BCUT2D eigenvalue weighted by atomic mass is 9.97. The van der Waals surface area contributed by atoms with Crippen LogP contribution in [0.25, 0.3) is 0 Å². The van der Waals surface area contributed by atoms with Gasteiger partial charge in [0.1, 0.15) is 0 Å². The van der Waals surface area contributed by atoms with Gasteiger partial charge in [-0.2, -0.15) is 0 Å². The minimum atomic E-state index is 0.469. The highest BCUT2D eigenvalue weighted by molar-refractivity contribution is 5.26. The fraction of sp³-hybridized carbons (Fsp3) is 0.667. The van der Waals surface area contributed by atoms with E-state index in [1.54, 1.807) is 0 Å². The summed E-state index contributed by atoms with van der Waals surface area (Å²) < 4.78 is 0. The van der Waals surface area contributed by atoms with Crippen LogP contribution < -0.4 is 5.73 Å². The zero-order chi connectivity index (χ0) is 15.1. The summed E-state index contributed by atoms with van der Waals surface area (Å²) in [7, 11) is 4.21. The van der Waals surface area contributed by atoms with E-state index in [1.807, 2.05) is 0 Å². The van der Waals surface area contributed by atoms with Gasteiger partial charge in [-0.15, -0.1) is 0 Å². The Morgan fingerprint density at radius 1 is 1.05 bits per heavy atom. The van der Waals surface area contributed by atoms with Gasteiger partial charge in [0, 0.05) is 25.6 Å². The minimum absolute atomic E-state index is 0.469. The van der Waals surface area contributed by atoms with Gasteiger partial charge in [-0.05, 0) is 51.2 Å². The Morgan fingerprint density at radius 3 is 2.19 bits per heavy atom. The fourth-order valence-electron chi connectivity index (χ4n) is 3.21. The van der Waals surface area contributed by atoms with Crippen LogP contribution in [-0.2, 0) is 6.54 Å². The van der Waals surface area contributed by atoms with E-state index in [1.165, 1.54) is 49.9 Å². The number of rotatable bonds is 6. The van der Waals surface area contributed by atoms with Crippen molar-refractivity contribution in [3.05, 3.63) is 35.4 Å². The molecule has 1 saturated heterocycles. The molecule has 118 valence electrons. The first-order valence-corrected chi connectivity index (χ1v) is 8.35. The van der Waals surface area contributed by atoms with Crippen LogP contribution in [-0.4, -0.2) is 50.1 Å². The highest BCUT2D eigenvalue weighted by Crippen LogP contribution is 2.19. The lowest BCUT2D eigenvalue weighted by Gasteiger charge is -2.26. The molecule has 0 aliphatic carbocycles. The smallest absolute Gasteiger partial charge is 0.0227 e. The molecule has 0 spiro atoms. The van der Waals surface area contributed by atoms with Crippen molar-refractivity contribution in [2.45, 2.75) is 38.1 Å². The first-order valence-electron chi connectivity index (χ1n) is 8.35. The van der Waals surface area contributed by atoms with Crippen LogP contribution >= 0.6 is 0 Å². The molecule has 3 nitrogen and oxygen atoms in total. The van der Waals surface area contributed by atoms with Crippen molar-refractivity contribution in [1.29, 1.82) is 0 Å². The molecule has 1 aliphatic heterocycles. The van der Waals surface area contributed by atoms with Gasteiger partial charge < -0.3 is 15.5 Å². The molecule has 2 N–H and O–H groups in total. The van der Waals surface area contributed by atoms with Gasteiger partial charge >= 0.3 is 0 Å². The van der Waals surface area contributed by atoms with E-state index in [9.17, 15) is 0 Å². The van der Waals surface area contributed by atoms with Gasteiger partial charge in [0.15, 0.2) is 0 Å². The van der Waals surface area contributed by atoms with Gasteiger partial charge in [-0.3, -0.25) is 0 Å². The number of nitrogens with zero attached hydrogens (tertiary/aromatic N) is 2. The van der Waals surface area contributed by atoms with Crippen LogP contribution in [0.15, 0.2) is 24.3 Å². The Kier molecular flexibility index (Phi) is 6.68. The quantitative estimate of drug-likeness (QED) is 0.874. The fourth-order valence-corrected chi connectivity index (χ4v) is 3.21. The molecule has 0 radical (unpaired) electrons. The highest BCUT2D eigenvalue weighted by atomic mass is 15.1. The summed E-state index contributed by atoms with van der Waals surface area (Å²) in [6, 6.07) is 9.04. The normalized spacial score (nSPS) is 18.7. The average Bonchev–Trinajstić information content (AvgIpc) is 2.74. The summed E-state index contributed by atoms with van der Waals surface area (Å²) in [6.45, 7) is 5.34. The molecule has 21 heavy (non-hydrogen) atoms. The Bertz CT molecular complexity index is 391. The van der Waals surface area contributed by atoms with Crippen molar-refractivity contribution < 1.29 is 0 Å². The Balaban J connectivity index is 1.96. The van der Waals surface area contributed by atoms with E-state index >= 15 is 0 Å². The second-order valence-corrected chi connectivity index (χ2v) is 6.63. The van der Waals surface area contributed by atoms with Crippen LogP contribution in [0.2, 0.25) is 0 Å². The number of hydrogen-bond donors (Lipinski definition) is 1. The minimum Gasteiger partial charge on any atom is -0.330 e. The Hall–Kier alpha value is -0.900. The molecule has 2 rings (SSSR count). The predicted molar refractivity (Wildman–Crippen MR) is 90.5 cm³/mol. The van der Waals surface area contributed by atoms with E-state index < -0.39 is 0 Å². The summed E-state index contributed by atoms with van der Waals surface area (Å²) in [5.41, 5.74) is 8.81. The molecule has 0 aromatic heterocycles. The van der Waals surface area contributed by atoms with Gasteiger partial charge in [-0.1, -0.05) is 37.1 Å². The van der Waals surface area contributed by atoms with Gasteiger partial charge in [0.2, 0.25) is 0 Å². The summed E-state index contributed by atoms with van der Waals surface area (Å²) in [5, 5.41) is 0. The SMILES string of the molecule is CN(C)Cc1ccc(C(CN)CN2CCCCCC2)cc1. The van der Waals surface area contributed by atoms with Crippen LogP contribution in [0.3, 0.4) is 0 Å². The lowest BCUT2D eigenvalue weighted by Crippen LogP contribution is -2.32. The molecule has 1 aromatic carbocycles. The molecule has 0 amide bonds. The zero-order valence-electron chi connectivity index (χ0n) is 13.7. The largest absolute Gasteiger partial charge is 0.330 e. The molecular formula is C18H31N3. The van der Waals surface area contributed by atoms with Crippen LogP contribution in [0.5, 0.6) is 0 Å². The third kappa shape index (κ3) is 5.42. The van der Waals surface area contributed by atoms with E-state index in [4.69, 9.17) is 5.73 Å². The van der Waals surface area contributed by atoms with E-state index in [-0.39, 0.29) is 0 Å². The van der Waals surface area contributed by atoms with Crippen molar-refractivity contribution in [2.75, 3.05) is 40.3 Å². The third-order valence-electron chi connectivity index (χ3n) is 4.41. The summed E-state index contributed by atoms with van der Waals surface area (Å²) >= 11 is 0. The molecule has 1 aliphatic rings. The Morgan fingerprint density at radius 2 is 1.67 bits per heavy atom. The second kappa shape index (κ2) is 8.52. The summed E-state index contributed by atoms with van der Waals surface area (Å²) in [6.07, 6.45) is 5.48. The van der Waals surface area contributed by atoms with Gasteiger partial charge in [0.05, 0.1) is 0 Å². The maximum atomic E-state index is 6.04. The monoisotopic (exact) mass is 289 g/mol. The van der Waals surface area contributed by atoms with Gasteiger partial charge in [0.25, 0.3) is 0 Å².